The molecule has 0 saturated carbocycles. The molecule has 22 heavy (non-hydrogen) atoms. The summed E-state index contributed by atoms with van der Waals surface area (Å²) < 4.78 is 5.61. The maximum absolute atomic E-state index is 12.2. The number of ether oxygens (including phenoxy) is 1. The van der Waals surface area contributed by atoms with E-state index < -0.39 is 11.6 Å². The van der Waals surface area contributed by atoms with Crippen LogP contribution in [0.25, 0.3) is 0 Å². The largest absolute Gasteiger partial charge is 0.453 e. The number of benzene rings is 2. The van der Waals surface area contributed by atoms with Gasteiger partial charge in [0.2, 0.25) is 0 Å². The van der Waals surface area contributed by atoms with Crippen molar-refractivity contribution in [3.05, 3.63) is 64.1 Å². The van der Waals surface area contributed by atoms with Crippen molar-refractivity contribution in [3.8, 4) is 0 Å². The first-order chi connectivity index (χ1) is 10.5. The number of esters is 1. The molecule has 114 valence electrons. The van der Waals surface area contributed by atoms with Crippen LogP contribution in [-0.2, 0) is 15.1 Å². The van der Waals surface area contributed by atoms with Crippen LogP contribution in [0.4, 0.5) is 5.69 Å². The van der Waals surface area contributed by atoms with Gasteiger partial charge >= 0.3 is 5.97 Å². The van der Waals surface area contributed by atoms with E-state index in [1.807, 2.05) is 37.3 Å². The quantitative estimate of drug-likeness (QED) is 0.830. The van der Waals surface area contributed by atoms with Gasteiger partial charge in [0.25, 0.3) is 0 Å². The Labute approximate surface area is 139 Å². The maximum atomic E-state index is 12.2. The molecule has 0 radical (unpaired) electrons. The predicted octanol–water partition coefficient (Wildman–Crippen LogP) is 4.64. The number of para-hydroxylation sites is 1. The zero-order valence-electron chi connectivity index (χ0n) is 12.0. The number of rotatable bonds is 3. The molecule has 1 fully saturated rings. The number of cyclic esters (lactones) is 1. The molecular formula is C17H15Cl2NO2. The Morgan fingerprint density at radius 3 is 2.50 bits per heavy atom. The summed E-state index contributed by atoms with van der Waals surface area (Å²) in [5.74, 6) is -0.280. The number of hydrogen-bond donors (Lipinski definition) is 1. The lowest BCUT2D eigenvalue weighted by Crippen LogP contribution is -2.25. The molecule has 2 aromatic rings. The van der Waals surface area contributed by atoms with Crippen molar-refractivity contribution < 1.29 is 9.53 Å². The molecule has 2 aromatic carbocycles. The highest BCUT2D eigenvalue weighted by atomic mass is 35.5. The average Bonchev–Trinajstić information content (AvgIpc) is 2.78. The van der Waals surface area contributed by atoms with E-state index in [9.17, 15) is 4.79 Å². The Hall–Kier alpha value is -1.71. The van der Waals surface area contributed by atoms with Gasteiger partial charge < -0.3 is 10.1 Å². The summed E-state index contributed by atoms with van der Waals surface area (Å²) in [6.45, 7) is 1.91. The SMILES string of the molecule is CC1(c2ccc(Cl)cc2)CC(Nc2ccccc2Cl)C(=O)O1. The van der Waals surface area contributed by atoms with E-state index in [2.05, 4.69) is 5.32 Å². The summed E-state index contributed by atoms with van der Waals surface area (Å²) in [5, 5.41) is 4.40. The Bertz CT molecular complexity index is 702. The number of nitrogens with one attached hydrogen (secondary N) is 1. The highest BCUT2D eigenvalue weighted by Crippen LogP contribution is 2.38. The standard InChI is InChI=1S/C17H15Cl2NO2/c1-17(11-6-8-12(18)9-7-11)10-15(16(21)22-17)20-14-5-3-2-4-13(14)19/h2-9,15,20H,10H2,1H3. The van der Waals surface area contributed by atoms with Crippen LogP contribution < -0.4 is 5.32 Å². The Balaban J connectivity index is 1.81. The Morgan fingerprint density at radius 1 is 1.14 bits per heavy atom. The number of carbonyl (C=O) groups excluding carboxylic acids is 1. The first-order valence-corrected chi connectivity index (χ1v) is 7.73. The summed E-state index contributed by atoms with van der Waals surface area (Å²) >= 11 is 12.0. The third-order valence-electron chi connectivity index (χ3n) is 3.86. The summed E-state index contributed by atoms with van der Waals surface area (Å²) in [4.78, 5) is 12.2. The van der Waals surface area contributed by atoms with E-state index in [-0.39, 0.29) is 5.97 Å². The van der Waals surface area contributed by atoms with Gasteiger partial charge in [-0.2, -0.15) is 0 Å². The fourth-order valence-corrected chi connectivity index (χ4v) is 2.98. The van der Waals surface area contributed by atoms with Gasteiger partial charge in [-0.1, -0.05) is 47.5 Å². The van der Waals surface area contributed by atoms with Crippen molar-refractivity contribution in [2.45, 2.75) is 25.0 Å². The minimum atomic E-state index is -0.666. The lowest BCUT2D eigenvalue weighted by molar-refractivity contribution is -0.148. The van der Waals surface area contributed by atoms with Crippen molar-refractivity contribution in [2.75, 3.05) is 5.32 Å². The molecule has 0 aromatic heterocycles. The third-order valence-corrected chi connectivity index (χ3v) is 4.44. The highest BCUT2D eigenvalue weighted by molar-refractivity contribution is 6.33. The van der Waals surface area contributed by atoms with Gasteiger partial charge in [0.15, 0.2) is 0 Å². The van der Waals surface area contributed by atoms with Crippen molar-refractivity contribution in [2.24, 2.45) is 0 Å². The van der Waals surface area contributed by atoms with Gasteiger partial charge in [-0.3, -0.25) is 0 Å². The molecule has 1 aliphatic rings. The van der Waals surface area contributed by atoms with E-state index in [1.165, 1.54) is 0 Å². The van der Waals surface area contributed by atoms with Crippen LogP contribution in [0, 0.1) is 0 Å². The number of anilines is 1. The van der Waals surface area contributed by atoms with E-state index >= 15 is 0 Å². The number of halogens is 2. The fourth-order valence-electron chi connectivity index (χ4n) is 2.66. The maximum Gasteiger partial charge on any atom is 0.329 e. The fraction of sp³-hybridized carbons (Fsp3) is 0.235. The van der Waals surface area contributed by atoms with Gasteiger partial charge in [-0.15, -0.1) is 0 Å². The second kappa shape index (κ2) is 5.82. The molecule has 3 rings (SSSR count). The summed E-state index contributed by atoms with van der Waals surface area (Å²) in [6, 6.07) is 14.3. The first-order valence-electron chi connectivity index (χ1n) is 6.98. The van der Waals surface area contributed by atoms with E-state index in [1.54, 1.807) is 18.2 Å². The predicted molar refractivity (Wildman–Crippen MR) is 88.4 cm³/mol. The van der Waals surface area contributed by atoms with Gasteiger partial charge in [-0.05, 0) is 36.8 Å². The van der Waals surface area contributed by atoms with Crippen LogP contribution in [0.15, 0.2) is 48.5 Å². The van der Waals surface area contributed by atoms with E-state index in [0.717, 1.165) is 11.3 Å². The molecule has 1 N–H and O–H groups in total. The molecule has 2 atom stereocenters. The second-order valence-electron chi connectivity index (χ2n) is 5.54. The number of hydrogen-bond acceptors (Lipinski definition) is 3. The van der Waals surface area contributed by atoms with Crippen molar-refractivity contribution >= 4 is 34.9 Å². The van der Waals surface area contributed by atoms with E-state index in [4.69, 9.17) is 27.9 Å². The second-order valence-corrected chi connectivity index (χ2v) is 6.38. The lowest BCUT2D eigenvalue weighted by Gasteiger charge is -2.23. The smallest absolute Gasteiger partial charge is 0.329 e. The number of carbonyl (C=O) groups is 1. The summed E-state index contributed by atoms with van der Waals surface area (Å²) in [7, 11) is 0. The molecule has 0 amide bonds. The van der Waals surface area contributed by atoms with Gasteiger partial charge in [0, 0.05) is 11.4 Å². The van der Waals surface area contributed by atoms with Gasteiger partial charge in [0.05, 0.1) is 10.7 Å². The molecular weight excluding hydrogens is 321 g/mol. The highest BCUT2D eigenvalue weighted by Gasteiger charge is 2.44. The zero-order valence-corrected chi connectivity index (χ0v) is 13.5. The van der Waals surface area contributed by atoms with Crippen LogP contribution in [0.3, 0.4) is 0 Å². The first kappa shape index (κ1) is 15.2. The molecule has 0 bridgehead atoms. The summed E-state index contributed by atoms with van der Waals surface area (Å²) in [5.41, 5.74) is 0.987. The topological polar surface area (TPSA) is 38.3 Å². The lowest BCUT2D eigenvalue weighted by atomic mass is 9.91. The molecule has 0 spiro atoms. The van der Waals surface area contributed by atoms with Crippen LogP contribution in [0.2, 0.25) is 10.0 Å². The molecule has 2 unspecified atom stereocenters. The van der Waals surface area contributed by atoms with Crippen molar-refractivity contribution in [3.63, 3.8) is 0 Å². The van der Waals surface area contributed by atoms with Crippen LogP contribution in [0.1, 0.15) is 18.9 Å². The molecule has 1 aliphatic heterocycles. The van der Waals surface area contributed by atoms with Crippen LogP contribution in [0.5, 0.6) is 0 Å². The minimum Gasteiger partial charge on any atom is -0.453 e. The van der Waals surface area contributed by atoms with Gasteiger partial charge in [-0.25, -0.2) is 4.79 Å². The minimum absolute atomic E-state index is 0.280. The monoisotopic (exact) mass is 335 g/mol. The van der Waals surface area contributed by atoms with E-state index in [0.29, 0.717) is 16.5 Å². The average molecular weight is 336 g/mol. The Morgan fingerprint density at radius 2 is 1.82 bits per heavy atom. The molecule has 3 nitrogen and oxygen atoms in total. The molecule has 1 saturated heterocycles. The summed E-state index contributed by atoms with van der Waals surface area (Å²) in [6.07, 6.45) is 0.526. The van der Waals surface area contributed by atoms with Crippen LogP contribution >= 0.6 is 23.2 Å². The molecule has 0 aliphatic carbocycles. The molecule has 1 heterocycles. The molecule has 5 heteroatoms. The van der Waals surface area contributed by atoms with Crippen LogP contribution in [-0.4, -0.2) is 12.0 Å². The van der Waals surface area contributed by atoms with Crippen molar-refractivity contribution in [1.29, 1.82) is 0 Å². The van der Waals surface area contributed by atoms with Crippen molar-refractivity contribution in [1.82, 2.24) is 0 Å². The normalized spacial score (nSPS) is 24.1. The third kappa shape index (κ3) is 2.92. The zero-order chi connectivity index (χ0) is 15.7. The Kier molecular flexibility index (Phi) is 4.02. The van der Waals surface area contributed by atoms with Gasteiger partial charge in [0.1, 0.15) is 11.6 Å².